The first-order chi connectivity index (χ1) is 17.2. The first-order valence-corrected chi connectivity index (χ1v) is 12.2. The fourth-order valence-electron chi connectivity index (χ4n) is 5.02. The third-order valence-corrected chi connectivity index (χ3v) is 6.93. The molecule has 0 radical (unpaired) electrons. The number of nitrogens with zero attached hydrogens (tertiary/aromatic N) is 6. The second-order valence-corrected chi connectivity index (χ2v) is 9.48. The molecular weight excluding hydrogens is 467 g/mol. The third-order valence-electron chi connectivity index (χ3n) is 6.93. The van der Waals surface area contributed by atoms with E-state index in [1.807, 2.05) is 42.0 Å². The SMILES string of the molecule is CNc1cn2nc(-c3c(-c4ccc(C)cc4)nn(C)c3C3CCN(CCC(F)(F)F)CC3)ccc2n1. The number of halogens is 3. The van der Waals surface area contributed by atoms with Gasteiger partial charge < -0.3 is 10.2 Å². The van der Waals surface area contributed by atoms with E-state index in [9.17, 15) is 13.2 Å². The molecule has 0 spiro atoms. The van der Waals surface area contributed by atoms with E-state index in [0.717, 1.165) is 52.5 Å². The highest BCUT2D eigenvalue weighted by molar-refractivity contribution is 5.82. The van der Waals surface area contributed by atoms with Crippen LogP contribution in [0.3, 0.4) is 0 Å². The van der Waals surface area contributed by atoms with Crippen molar-refractivity contribution < 1.29 is 13.2 Å². The molecule has 1 saturated heterocycles. The number of fused-ring (bicyclic) bond motifs is 1. The standard InChI is InChI=1S/C26H30F3N7/c1-17-4-6-18(7-5-17)24-23(20-8-9-22-31-21(30-2)16-36(22)32-20)25(34(3)33-24)19-10-13-35(14-11-19)15-12-26(27,28)29/h4-9,16,19,30H,10-15H2,1-3H3. The van der Waals surface area contributed by atoms with Crippen LogP contribution in [0.4, 0.5) is 19.0 Å². The van der Waals surface area contributed by atoms with Gasteiger partial charge in [-0.3, -0.25) is 4.68 Å². The van der Waals surface area contributed by atoms with Crippen molar-refractivity contribution in [1.29, 1.82) is 0 Å². The predicted octanol–water partition coefficient (Wildman–Crippen LogP) is 5.28. The Bertz CT molecular complexity index is 1350. The van der Waals surface area contributed by atoms with Gasteiger partial charge in [-0.1, -0.05) is 29.8 Å². The maximum atomic E-state index is 12.7. The number of hydrogen-bond donors (Lipinski definition) is 1. The average Bonchev–Trinajstić information content (AvgIpc) is 3.43. The summed E-state index contributed by atoms with van der Waals surface area (Å²) in [5, 5.41) is 12.9. The molecule has 3 aromatic heterocycles. The van der Waals surface area contributed by atoms with E-state index in [1.165, 1.54) is 5.56 Å². The summed E-state index contributed by atoms with van der Waals surface area (Å²) in [6, 6.07) is 12.2. The molecule has 0 saturated carbocycles. The fourth-order valence-corrected chi connectivity index (χ4v) is 5.02. The zero-order chi connectivity index (χ0) is 25.4. The molecule has 5 rings (SSSR count). The van der Waals surface area contributed by atoms with Crippen molar-refractivity contribution >= 4 is 11.5 Å². The van der Waals surface area contributed by atoms with Crippen molar-refractivity contribution in [2.75, 3.05) is 32.0 Å². The first-order valence-electron chi connectivity index (χ1n) is 12.2. The molecule has 0 amide bonds. The van der Waals surface area contributed by atoms with Crippen molar-refractivity contribution in [3.8, 4) is 22.5 Å². The molecule has 7 nitrogen and oxygen atoms in total. The summed E-state index contributed by atoms with van der Waals surface area (Å²) in [5.41, 5.74) is 6.60. The predicted molar refractivity (Wildman–Crippen MR) is 134 cm³/mol. The summed E-state index contributed by atoms with van der Waals surface area (Å²) in [6.07, 6.45) is -1.50. The van der Waals surface area contributed by atoms with Crippen LogP contribution in [0, 0.1) is 6.92 Å². The lowest BCUT2D eigenvalue weighted by atomic mass is 9.88. The van der Waals surface area contributed by atoms with Gasteiger partial charge in [-0.05, 0) is 45.0 Å². The van der Waals surface area contributed by atoms with Gasteiger partial charge in [0.25, 0.3) is 0 Å². The topological polar surface area (TPSA) is 63.3 Å². The number of likely N-dealkylation sites (tertiary alicyclic amines) is 1. The van der Waals surface area contributed by atoms with Crippen molar-refractivity contribution in [2.24, 2.45) is 7.05 Å². The number of anilines is 1. The van der Waals surface area contributed by atoms with Crippen molar-refractivity contribution in [1.82, 2.24) is 29.3 Å². The maximum Gasteiger partial charge on any atom is 0.390 e. The van der Waals surface area contributed by atoms with Crippen LogP contribution in [0.15, 0.2) is 42.6 Å². The molecule has 4 heterocycles. The van der Waals surface area contributed by atoms with Gasteiger partial charge in [0.2, 0.25) is 0 Å². The normalized spacial score (nSPS) is 15.6. The molecule has 10 heteroatoms. The van der Waals surface area contributed by atoms with Crippen LogP contribution in [0.5, 0.6) is 0 Å². The number of alkyl halides is 3. The van der Waals surface area contributed by atoms with Gasteiger partial charge in [0, 0.05) is 32.1 Å². The lowest BCUT2D eigenvalue weighted by Crippen LogP contribution is -2.36. The highest BCUT2D eigenvalue weighted by Crippen LogP contribution is 2.40. The molecule has 1 aliphatic heterocycles. The van der Waals surface area contributed by atoms with Crippen LogP contribution < -0.4 is 5.32 Å². The van der Waals surface area contributed by atoms with E-state index < -0.39 is 12.6 Å². The molecule has 1 aliphatic rings. The summed E-state index contributed by atoms with van der Waals surface area (Å²) in [5.74, 6) is 0.906. The first kappa shape index (κ1) is 24.3. The van der Waals surface area contributed by atoms with E-state index in [1.54, 1.807) is 4.52 Å². The van der Waals surface area contributed by atoms with Gasteiger partial charge in [-0.25, -0.2) is 9.50 Å². The molecular formula is C26H30F3N7. The van der Waals surface area contributed by atoms with Gasteiger partial charge in [-0.2, -0.15) is 23.4 Å². The Morgan fingerprint density at radius 1 is 1.03 bits per heavy atom. The van der Waals surface area contributed by atoms with Gasteiger partial charge in [0.1, 0.15) is 11.5 Å². The highest BCUT2D eigenvalue weighted by atomic mass is 19.4. The Hall–Kier alpha value is -3.40. The molecule has 1 aromatic carbocycles. The van der Waals surface area contributed by atoms with Gasteiger partial charge in [0.05, 0.1) is 29.6 Å². The number of nitrogens with one attached hydrogen (secondary N) is 1. The summed E-state index contributed by atoms with van der Waals surface area (Å²) < 4.78 is 41.8. The highest BCUT2D eigenvalue weighted by Gasteiger charge is 2.32. The lowest BCUT2D eigenvalue weighted by Gasteiger charge is -2.32. The van der Waals surface area contributed by atoms with Crippen LogP contribution >= 0.6 is 0 Å². The molecule has 0 unspecified atom stereocenters. The Labute approximate surface area is 207 Å². The average molecular weight is 498 g/mol. The quantitative estimate of drug-likeness (QED) is 0.393. The van der Waals surface area contributed by atoms with E-state index >= 15 is 0 Å². The van der Waals surface area contributed by atoms with Crippen LogP contribution in [-0.4, -0.2) is 62.1 Å². The Kier molecular flexibility index (Phi) is 6.46. The Morgan fingerprint density at radius 3 is 2.42 bits per heavy atom. The van der Waals surface area contributed by atoms with Crippen molar-refractivity contribution in [3.63, 3.8) is 0 Å². The molecule has 190 valence electrons. The third kappa shape index (κ3) is 4.95. The second kappa shape index (κ2) is 9.57. The van der Waals surface area contributed by atoms with Gasteiger partial charge in [-0.15, -0.1) is 0 Å². The fraction of sp³-hybridized carbons (Fsp3) is 0.423. The molecule has 1 fully saturated rings. The molecule has 1 N–H and O–H groups in total. The number of imidazole rings is 1. The number of benzene rings is 1. The number of piperidine rings is 1. The number of rotatable bonds is 6. The molecule has 36 heavy (non-hydrogen) atoms. The Balaban J connectivity index is 1.53. The minimum absolute atomic E-state index is 0.0513. The molecule has 0 aliphatic carbocycles. The smallest absolute Gasteiger partial charge is 0.372 e. The Morgan fingerprint density at radius 2 is 1.75 bits per heavy atom. The van der Waals surface area contributed by atoms with Crippen molar-refractivity contribution in [3.05, 3.63) is 53.9 Å². The van der Waals surface area contributed by atoms with Crippen LogP contribution in [0.2, 0.25) is 0 Å². The zero-order valence-corrected chi connectivity index (χ0v) is 20.7. The largest absolute Gasteiger partial charge is 0.390 e. The van der Waals surface area contributed by atoms with Crippen molar-refractivity contribution in [2.45, 2.75) is 38.3 Å². The summed E-state index contributed by atoms with van der Waals surface area (Å²) in [7, 11) is 3.76. The minimum atomic E-state index is -4.13. The van der Waals surface area contributed by atoms with E-state index in [2.05, 4.69) is 41.5 Å². The lowest BCUT2D eigenvalue weighted by molar-refractivity contribution is -0.138. The van der Waals surface area contributed by atoms with E-state index in [0.29, 0.717) is 13.1 Å². The zero-order valence-electron chi connectivity index (χ0n) is 20.7. The summed E-state index contributed by atoms with van der Waals surface area (Å²) in [6.45, 7) is 3.36. The number of hydrogen-bond acceptors (Lipinski definition) is 5. The van der Waals surface area contributed by atoms with Crippen LogP contribution in [0.1, 0.15) is 36.4 Å². The van der Waals surface area contributed by atoms with Gasteiger partial charge >= 0.3 is 6.18 Å². The minimum Gasteiger partial charge on any atom is -0.372 e. The maximum absolute atomic E-state index is 12.7. The molecule has 0 bridgehead atoms. The number of aryl methyl sites for hydroxylation is 2. The van der Waals surface area contributed by atoms with Crippen LogP contribution in [-0.2, 0) is 7.05 Å². The monoisotopic (exact) mass is 497 g/mol. The molecule has 4 aromatic rings. The van der Waals surface area contributed by atoms with Crippen LogP contribution in [0.25, 0.3) is 28.2 Å². The number of aromatic nitrogens is 5. The van der Waals surface area contributed by atoms with E-state index in [-0.39, 0.29) is 12.5 Å². The summed E-state index contributed by atoms with van der Waals surface area (Å²) >= 11 is 0. The van der Waals surface area contributed by atoms with E-state index in [4.69, 9.17) is 10.2 Å². The summed E-state index contributed by atoms with van der Waals surface area (Å²) in [4.78, 5) is 6.41. The molecule has 0 atom stereocenters. The van der Waals surface area contributed by atoms with Gasteiger partial charge in [0.15, 0.2) is 5.65 Å². The second-order valence-electron chi connectivity index (χ2n) is 9.48.